The molecule has 0 bridgehead atoms. The van der Waals surface area contributed by atoms with Crippen LogP contribution in [0, 0.1) is 5.92 Å². The molecular formula is C13H26O2. The van der Waals surface area contributed by atoms with Crippen molar-refractivity contribution in [1.82, 2.24) is 0 Å². The normalized spacial score (nSPS) is 12.7. The molecule has 0 aromatic rings. The molecule has 0 aliphatic rings. The van der Waals surface area contributed by atoms with E-state index in [2.05, 4.69) is 13.8 Å². The third kappa shape index (κ3) is 11.4. The van der Waals surface area contributed by atoms with Crippen molar-refractivity contribution in [3.63, 3.8) is 0 Å². The first-order valence-corrected chi connectivity index (χ1v) is 6.38. The van der Waals surface area contributed by atoms with Crippen LogP contribution in [0.25, 0.3) is 0 Å². The molecule has 0 aromatic carbocycles. The van der Waals surface area contributed by atoms with Crippen molar-refractivity contribution in [2.45, 2.75) is 71.6 Å². The largest absolute Gasteiger partial charge is 0.481 e. The summed E-state index contributed by atoms with van der Waals surface area (Å²) in [6.45, 7) is 4.56. The topological polar surface area (TPSA) is 37.3 Å². The van der Waals surface area contributed by atoms with Gasteiger partial charge in [-0.2, -0.15) is 0 Å². The Labute approximate surface area is 94.1 Å². The van der Waals surface area contributed by atoms with Crippen LogP contribution in [-0.4, -0.2) is 11.1 Å². The molecular weight excluding hydrogens is 188 g/mol. The predicted octanol–water partition coefficient (Wildman–Crippen LogP) is 4.24. The van der Waals surface area contributed by atoms with Crippen LogP contribution in [0.3, 0.4) is 0 Å². The van der Waals surface area contributed by atoms with Gasteiger partial charge in [-0.05, 0) is 12.3 Å². The number of rotatable bonds is 10. The lowest BCUT2D eigenvalue weighted by Crippen LogP contribution is -1.96. The van der Waals surface area contributed by atoms with Gasteiger partial charge in [0, 0.05) is 6.42 Å². The Balaban J connectivity index is 3.12. The van der Waals surface area contributed by atoms with E-state index >= 15 is 0 Å². The van der Waals surface area contributed by atoms with E-state index < -0.39 is 5.97 Å². The monoisotopic (exact) mass is 214 g/mol. The lowest BCUT2D eigenvalue weighted by atomic mass is 9.97. The maximum absolute atomic E-state index is 10.3. The number of hydrogen-bond donors (Lipinski definition) is 1. The van der Waals surface area contributed by atoms with Crippen LogP contribution in [0.15, 0.2) is 0 Å². The van der Waals surface area contributed by atoms with Crippen molar-refractivity contribution in [1.29, 1.82) is 0 Å². The highest BCUT2D eigenvalue weighted by Gasteiger charge is 2.01. The molecule has 0 saturated carbocycles. The fourth-order valence-corrected chi connectivity index (χ4v) is 1.82. The highest BCUT2D eigenvalue weighted by Crippen LogP contribution is 2.16. The molecule has 0 aliphatic carbocycles. The van der Waals surface area contributed by atoms with E-state index in [-0.39, 0.29) is 0 Å². The van der Waals surface area contributed by atoms with E-state index in [9.17, 15) is 4.79 Å². The third-order valence-electron chi connectivity index (χ3n) is 2.89. The van der Waals surface area contributed by atoms with Crippen LogP contribution in [0.2, 0.25) is 0 Å². The quantitative estimate of drug-likeness (QED) is 0.552. The molecule has 1 unspecified atom stereocenters. The van der Waals surface area contributed by atoms with Crippen LogP contribution in [0.5, 0.6) is 0 Å². The summed E-state index contributed by atoms with van der Waals surface area (Å²) < 4.78 is 0. The lowest BCUT2D eigenvalue weighted by Gasteiger charge is -2.09. The summed E-state index contributed by atoms with van der Waals surface area (Å²) in [5.41, 5.74) is 0. The number of carbonyl (C=O) groups is 1. The SMILES string of the molecule is CCCCC(C)CCCCCCC(=O)O. The Morgan fingerprint density at radius 2 is 1.67 bits per heavy atom. The molecule has 0 aromatic heterocycles. The standard InChI is InChI=1S/C13H26O2/c1-3-4-9-12(2)10-7-5-6-8-11-13(14)15/h12H,3-11H2,1-2H3,(H,14,15). The van der Waals surface area contributed by atoms with Gasteiger partial charge in [-0.3, -0.25) is 4.79 Å². The van der Waals surface area contributed by atoms with E-state index in [0.717, 1.165) is 18.8 Å². The first kappa shape index (κ1) is 14.5. The summed E-state index contributed by atoms with van der Waals surface area (Å²) in [5.74, 6) is 0.190. The molecule has 0 spiro atoms. The van der Waals surface area contributed by atoms with Crippen molar-refractivity contribution in [3.8, 4) is 0 Å². The second-order valence-corrected chi connectivity index (χ2v) is 4.59. The van der Waals surface area contributed by atoms with Gasteiger partial charge in [0.2, 0.25) is 0 Å². The van der Waals surface area contributed by atoms with E-state index in [1.54, 1.807) is 0 Å². The van der Waals surface area contributed by atoms with E-state index in [1.807, 2.05) is 0 Å². The summed E-state index contributed by atoms with van der Waals surface area (Å²) in [6, 6.07) is 0. The van der Waals surface area contributed by atoms with Crippen LogP contribution < -0.4 is 0 Å². The molecule has 0 rings (SSSR count). The minimum Gasteiger partial charge on any atom is -0.481 e. The minimum atomic E-state index is -0.661. The molecule has 0 heterocycles. The van der Waals surface area contributed by atoms with Crippen LogP contribution >= 0.6 is 0 Å². The number of unbranched alkanes of at least 4 members (excludes halogenated alkanes) is 4. The predicted molar refractivity (Wildman–Crippen MR) is 64.0 cm³/mol. The van der Waals surface area contributed by atoms with Gasteiger partial charge in [-0.1, -0.05) is 58.8 Å². The van der Waals surface area contributed by atoms with Gasteiger partial charge in [0.15, 0.2) is 0 Å². The zero-order valence-electron chi connectivity index (χ0n) is 10.3. The van der Waals surface area contributed by atoms with Crippen molar-refractivity contribution < 1.29 is 9.90 Å². The Morgan fingerprint density at radius 3 is 2.27 bits per heavy atom. The van der Waals surface area contributed by atoms with Gasteiger partial charge in [0.05, 0.1) is 0 Å². The molecule has 0 aliphatic heterocycles. The van der Waals surface area contributed by atoms with Gasteiger partial charge in [-0.15, -0.1) is 0 Å². The number of carboxylic acid groups (broad SMARTS) is 1. The molecule has 1 atom stereocenters. The second kappa shape index (κ2) is 10.0. The average Bonchev–Trinajstić information content (AvgIpc) is 2.19. The van der Waals surface area contributed by atoms with E-state index in [0.29, 0.717) is 6.42 Å². The lowest BCUT2D eigenvalue weighted by molar-refractivity contribution is -0.137. The average molecular weight is 214 g/mol. The van der Waals surface area contributed by atoms with Crippen molar-refractivity contribution >= 4 is 5.97 Å². The van der Waals surface area contributed by atoms with Crippen molar-refractivity contribution in [2.24, 2.45) is 5.92 Å². The first-order valence-electron chi connectivity index (χ1n) is 6.38. The zero-order chi connectivity index (χ0) is 11.5. The number of hydrogen-bond acceptors (Lipinski definition) is 1. The summed E-state index contributed by atoms with van der Waals surface area (Å²) in [6.07, 6.45) is 10.0. The first-order chi connectivity index (χ1) is 7.16. The highest BCUT2D eigenvalue weighted by atomic mass is 16.4. The van der Waals surface area contributed by atoms with Crippen molar-refractivity contribution in [3.05, 3.63) is 0 Å². The molecule has 90 valence electrons. The molecule has 0 saturated heterocycles. The Morgan fingerprint density at radius 1 is 1.07 bits per heavy atom. The summed E-state index contributed by atoms with van der Waals surface area (Å²) in [4.78, 5) is 10.3. The summed E-state index contributed by atoms with van der Waals surface area (Å²) in [7, 11) is 0. The minimum absolute atomic E-state index is 0.339. The summed E-state index contributed by atoms with van der Waals surface area (Å²) in [5, 5.41) is 8.46. The van der Waals surface area contributed by atoms with Gasteiger partial charge in [-0.25, -0.2) is 0 Å². The van der Waals surface area contributed by atoms with Gasteiger partial charge < -0.3 is 5.11 Å². The van der Waals surface area contributed by atoms with E-state index in [4.69, 9.17) is 5.11 Å². The fraction of sp³-hybridized carbons (Fsp3) is 0.923. The second-order valence-electron chi connectivity index (χ2n) is 4.59. The smallest absolute Gasteiger partial charge is 0.303 e. The maximum atomic E-state index is 10.3. The van der Waals surface area contributed by atoms with Crippen molar-refractivity contribution in [2.75, 3.05) is 0 Å². The molecule has 2 nitrogen and oxygen atoms in total. The number of carboxylic acids is 1. The molecule has 0 fully saturated rings. The van der Waals surface area contributed by atoms with E-state index in [1.165, 1.54) is 38.5 Å². The molecule has 15 heavy (non-hydrogen) atoms. The summed E-state index contributed by atoms with van der Waals surface area (Å²) >= 11 is 0. The maximum Gasteiger partial charge on any atom is 0.303 e. The fourth-order valence-electron chi connectivity index (χ4n) is 1.82. The van der Waals surface area contributed by atoms with Crippen LogP contribution in [-0.2, 0) is 4.79 Å². The Kier molecular flexibility index (Phi) is 9.65. The molecule has 0 amide bonds. The van der Waals surface area contributed by atoms with Gasteiger partial charge >= 0.3 is 5.97 Å². The highest BCUT2D eigenvalue weighted by molar-refractivity contribution is 5.66. The zero-order valence-corrected chi connectivity index (χ0v) is 10.3. The Hall–Kier alpha value is -0.530. The Bertz CT molecular complexity index is 155. The van der Waals surface area contributed by atoms with Gasteiger partial charge in [0.25, 0.3) is 0 Å². The molecule has 0 radical (unpaired) electrons. The molecule has 1 N–H and O–H groups in total. The molecule has 2 heteroatoms. The number of aliphatic carboxylic acids is 1. The van der Waals surface area contributed by atoms with Gasteiger partial charge in [0.1, 0.15) is 0 Å². The van der Waals surface area contributed by atoms with Crippen LogP contribution in [0.1, 0.15) is 71.6 Å². The third-order valence-corrected chi connectivity index (χ3v) is 2.89. The van der Waals surface area contributed by atoms with Crippen LogP contribution in [0.4, 0.5) is 0 Å².